The molecule has 0 saturated carbocycles. The van der Waals surface area contributed by atoms with Gasteiger partial charge in [0, 0.05) is 10.6 Å². The van der Waals surface area contributed by atoms with Crippen molar-refractivity contribution in [3.05, 3.63) is 67.5 Å². The minimum absolute atomic E-state index is 0.0398. The van der Waals surface area contributed by atoms with E-state index in [2.05, 4.69) is 10.0 Å². The second kappa shape index (κ2) is 8.02. The van der Waals surface area contributed by atoms with Crippen molar-refractivity contribution >= 4 is 55.9 Å². The highest BCUT2D eigenvalue weighted by Crippen LogP contribution is 2.29. The van der Waals surface area contributed by atoms with Crippen LogP contribution in [0.5, 0.6) is 0 Å². The van der Waals surface area contributed by atoms with E-state index in [0.29, 0.717) is 10.0 Å². The van der Waals surface area contributed by atoms with E-state index in [1.54, 1.807) is 23.6 Å². The molecule has 2 heterocycles. The molecule has 0 radical (unpaired) electrons. The van der Waals surface area contributed by atoms with E-state index in [0.717, 1.165) is 21.8 Å². The standard InChI is InChI=1S/C18H17ClN2O3S3/c1-11-3-5-13(6-4-11)21-27(23,24)15-9-10-25-17(15)18(22)20-12(2)14-7-8-16(19)26-14/h3-10,12,21H,1-2H3,(H,20,22). The van der Waals surface area contributed by atoms with Gasteiger partial charge in [0.25, 0.3) is 15.9 Å². The van der Waals surface area contributed by atoms with Crippen molar-refractivity contribution in [2.75, 3.05) is 4.72 Å². The van der Waals surface area contributed by atoms with Crippen LogP contribution in [-0.4, -0.2) is 14.3 Å². The van der Waals surface area contributed by atoms with E-state index in [1.807, 2.05) is 32.0 Å². The molecule has 0 saturated heterocycles. The Kier molecular flexibility index (Phi) is 5.90. The predicted molar refractivity (Wildman–Crippen MR) is 112 cm³/mol. The molecule has 1 amide bonds. The SMILES string of the molecule is Cc1ccc(NS(=O)(=O)c2ccsc2C(=O)NC(C)c2ccc(Cl)s2)cc1. The number of rotatable bonds is 6. The first-order chi connectivity index (χ1) is 12.8. The smallest absolute Gasteiger partial charge is 0.263 e. The van der Waals surface area contributed by atoms with Crippen LogP contribution in [0.4, 0.5) is 5.69 Å². The molecule has 0 bridgehead atoms. The minimum Gasteiger partial charge on any atom is -0.344 e. The molecule has 2 N–H and O–H groups in total. The number of amides is 1. The molecule has 0 aliphatic rings. The number of thiophene rings is 2. The van der Waals surface area contributed by atoms with Crippen molar-refractivity contribution < 1.29 is 13.2 Å². The van der Waals surface area contributed by atoms with E-state index in [4.69, 9.17) is 11.6 Å². The van der Waals surface area contributed by atoms with Crippen LogP contribution in [0.3, 0.4) is 0 Å². The molecule has 3 rings (SSSR count). The summed E-state index contributed by atoms with van der Waals surface area (Å²) in [7, 11) is -3.87. The summed E-state index contributed by atoms with van der Waals surface area (Å²) in [6, 6.07) is 11.7. The molecular weight excluding hydrogens is 424 g/mol. The first-order valence-electron chi connectivity index (χ1n) is 7.99. The molecule has 27 heavy (non-hydrogen) atoms. The summed E-state index contributed by atoms with van der Waals surface area (Å²) in [6.07, 6.45) is 0. The van der Waals surface area contributed by atoms with Crippen molar-refractivity contribution in [1.82, 2.24) is 5.32 Å². The van der Waals surface area contributed by atoms with Crippen LogP contribution >= 0.6 is 34.3 Å². The Balaban J connectivity index is 1.79. The second-order valence-electron chi connectivity index (χ2n) is 5.92. The van der Waals surface area contributed by atoms with E-state index < -0.39 is 15.9 Å². The Bertz CT molecular complexity index is 1060. The van der Waals surface area contributed by atoms with E-state index in [-0.39, 0.29) is 15.8 Å². The van der Waals surface area contributed by atoms with Crippen molar-refractivity contribution in [3.8, 4) is 0 Å². The number of carbonyl (C=O) groups is 1. The molecule has 5 nitrogen and oxygen atoms in total. The Morgan fingerprint density at radius 2 is 1.81 bits per heavy atom. The third-order valence-electron chi connectivity index (χ3n) is 3.80. The van der Waals surface area contributed by atoms with Crippen LogP contribution in [-0.2, 0) is 10.0 Å². The van der Waals surface area contributed by atoms with Gasteiger partial charge in [-0.05, 0) is 49.6 Å². The van der Waals surface area contributed by atoms with Crippen LogP contribution in [0.2, 0.25) is 4.34 Å². The number of benzene rings is 1. The number of hydrogen-bond acceptors (Lipinski definition) is 5. The summed E-state index contributed by atoms with van der Waals surface area (Å²) in [4.78, 5) is 13.6. The molecule has 0 aliphatic carbocycles. The van der Waals surface area contributed by atoms with Crippen molar-refractivity contribution in [1.29, 1.82) is 0 Å². The normalized spacial score (nSPS) is 12.6. The van der Waals surface area contributed by atoms with E-state index in [9.17, 15) is 13.2 Å². The summed E-state index contributed by atoms with van der Waals surface area (Å²) in [5.74, 6) is -0.439. The Morgan fingerprint density at radius 3 is 2.44 bits per heavy atom. The fourth-order valence-electron chi connectivity index (χ4n) is 2.40. The summed E-state index contributed by atoms with van der Waals surface area (Å²) in [5.41, 5.74) is 1.47. The minimum atomic E-state index is -3.87. The fourth-order valence-corrected chi connectivity index (χ4v) is 5.85. The summed E-state index contributed by atoms with van der Waals surface area (Å²) in [6.45, 7) is 3.74. The van der Waals surface area contributed by atoms with Gasteiger partial charge in [-0.3, -0.25) is 9.52 Å². The molecule has 142 valence electrons. The average molecular weight is 441 g/mol. The Morgan fingerprint density at radius 1 is 1.11 bits per heavy atom. The first-order valence-corrected chi connectivity index (χ1v) is 11.5. The summed E-state index contributed by atoms with van der Waals surface area (Å²) in [5, 5.41) is 4.42. The van der Waals surface area contributed by atoms with Gasteiger partial charge in [0.1, 0.15) is 9.77 Å². The molecule has 0 aliphatic heterocycles. The zero-order valence-electron chi connectivity index (χ0n) is 14.5. The highest BCUT2D eigenvalue weighted by molar-refractivity contribution is 7.93. The topological polar surface area (TPSA) is 75.3 Å². The number of halogens is 1. The molecule has 9 heteroatoms. The van der Waals surface area contributed by atoms with E-state index >= 15 is 0 Å². The third kappa shape index (κ3) is 4.70. The highest BCUT2D eigenvalue weighted by Gasteiger charge is 2.25. The number of hydrogen-bond donors (Lipinski definition) is 2. The molecule has 2 aromatic heterocycles. The zero-order chi connectivity index (χ0) is 19.6. The number of aryl methyl sites for hydroxylation is 1. The molecular formula is C18H17ClN2O3S3. The summed E-state index contributed by atoms with van der Waals surface area (Å²) >= 11 is 8.39. The zero-order valence-corrected chi connectivity index (χ0v) is 17.7. The number of carbonyl (C=O) groups excluding carboxylic acids is 1. The molecule has 1 unspecified atom stereocenters. The maximum absolute atomic E-state index is 12.7. The average Bonchev–Trinajstić information content (AvgIpc) is 3.26. The largest absolute Gasteiger partial charge is 0.344 e. The maximum Gasteiger partial charge on any atom is 0.263 e. The van der Waals surface area contributed by atoms with Gasteiger partial charge >= 0.3 is 0 Å². The van der Waals surface area contributed by atoms with Gasteiger partial charge in [0.05, 0.1) is 10.4 Å². The number of anilines is 1. The van der Waals surface area contributed by atoms with Gasteiger partial charge in [0.15, 0.2) is 0 Å². The Labute approximate surface area is 171 Å². The predicted octanol–water partition coefficient (Wildman–Crippen LogP) is 5.06. The summed E-state index contributed by atoms with van der Waals surface area (Å²) < 4.78 is 28.6. The van der Waals surface area contributed by atoms with Gasteiger partial charge in [-0.25, -0.2) is 8.42 Å². The molecule has 1 aromatic carbocycles. The van der Waals surface area contributed by atoms with Crippen LogP contribution in [0, 0.1) is 6.92 Å². The Hall–Kier alpha value is -1.87. The van der Waals surface area contributed by atoms with Gasteiger partial charge in [0.2, 0.25) is 0 Å². The van der Waals surface area contributed by atoms with Crippen molar-refractivity contribution in [2.24, 2.45) is 0 Å². The molecule has 0 spiro atoms. The van der Waals surface area contributed by atoms with Crippen LogP contribution < -0.4 is 10.0 Å². The highest BCUT2D eigenvalue weighted by atomic mass is 35.5. The third-order valence-corrected chi connectivity index (χ3v) is 7.68. The number of nitrogens with one attached hydrogen (secondary N) is 2. The molecule has 0 fully saturated rings. The maximum atomic E-state index is 12.7. The van der Waals surface area contributed by atoms with Gasteiger partial charge < -0.3 is 5.32 Å². The lowest BCUT2D eigenvalue weighted by Gasteiger charge is -2.13. The molecule has 3 aromatic rings. The monoisotopic (exact) mass is 440 g/mol. The van der Waals surface area contributed by atoms with Crippen molar-refractivity contribution in [3.63, 3.8) is 0 Å². The lowest BCUT2D eigenvalue weighted by Crippen LogP contribution is -2.27. The van der Waals surface area contributed by atoms with E-state index in [1.165, 1.54) is 17.4 Å². The first kappa shape index (κ1) is 19.9. The van der Waals surface area contributed by atoms with Crippen LogP contribution in [0.15, 0.2) is 52.7 Å². The van der Waals surface area contributed by atoms with Gasteiger partial charge in [-0.1, -0.05) is 29.3 Å². The van der Waals surface area contributed by atoms with Crippen LogP contribution in [0.25, 0.3) is 0 Å². The fraction of sp³-hybridized carbons (Fsp3) is 0.167. The van der Waals surface area contributed by atoms with Gasteiger partial charge in [-0.15, -0.1) is 22.7 Å². The lowest BCUT2D eigenvalue weighted by molar-refractivity contribution is 0.0941. The van der Waals surface area contributed by atoms with Crippen molar-refractivity contribution in [2.45, 2.75) is 24.8 Å². The molecule has 1 atom stereocenters. The second-order valence-corrected chi connectivity index (χ2v) is 10.2. The lowest BCUT2D eigenvalue weighted by atomic mass is 10.2. The van der Waals surface area contributed by atoms with Crippen LogP contribution in [0.1, 0.15) is 33.1 Å². The van der Waals surface area contributed by atoms with Gasteiger partial charge in [-0.2, -0.15) is 0 Å². The quantitative estimate of drug-likeness (QED) is 0.562. The number of sulfonamides is 1.